The van der Waals surface area contributed by atoms with Crippen LogP contribution in [-0.2, 0) is 18.6 Å². The van der Waals surface area contributed by atoms with E-state index < -0.39 is 0 Å². The highest BCUT2D eigenvalue weighted by Crippen LogP contribution is 2.39. The van der Waals surface area contributed by atoms with Gasteiger partial charge in [0.1, 0.15) is 0 Å². The van der Waals surface area contributed by atoms with Crippen molar-refractivity contribution in [3.63, 3.8) is 0 Å². The van der Waals surface area contributed by atoms with Crippen molar-refractivity contribution in [2.24, 2.45) is 0 Å². The molecule has 0 aliphatic carbocycles. The quantitative estimate of drug-likeness (QED) is 0.434. The third-order valence-electron chi connectivity index (χ3n) is 8.37. The summed E-state index contributed by atoms with van der Waals surface area (Å²) in [4.78, 5) is 2.24. The molecule has 3 aromatic rings. The second-order valence-corrected chi connectivity index (χ2v) is 12.0. The van der Waals surface area contributed by atoms with Crippen LogP contribution in [0.25, 0.3) is 0 Å². The minimum atomic E-state index is -0.386. The van der Waals surface area contributed by atoms with Gasteiger partial charge >= 0.3 is 14.2 Å². The standard InChI is InChI=1S/C30H37B2NO4.B/c1-27(2)28(3,4)35-31(34-27)22-14-18-25(19-15-22)33(24-12-10-9-11-13-24)26-20-16-23(17-21-26)32-36-29(5,6)30(7,8)37-32;/h9-21H,1-8H3;. The van der Waals surface area contributed by atoms with Crippen LogP contribution in [0.2, 0.25) is 0 Å². The molecular weight excluding hydrogens is 471 g/mol. The number of para-hydroxylation sites is 1. The summed E-state index contributed by atoms with van der Waals surface area (Å²) in [6.07, 6.45) is 0. The Balaban J connectivity index is 0.00000336. The van der Waals surface area contributed by atoms with E-state index in [1.165, 1.54) is 0 Å². The normalized spacial score (nSPS) is 20.7. The average Bonchev–Trinajstić information content (AvgIpc) is 3.20. The Hall–Kier alpha value is -2.51. The van der Waals surface area contributed by atoms with Gasteiger partial charge in [-0.2, -0.15) is 0 Å². The Labute approximate surface area is 230 Å². The highest BCUT2D eigenvalue weighted by atomic mass is 16.7. The summed E-state index contributed by atoms with van der Waals surface area (Å²) in [5, 5.41) is 0. The van der Waals surface area contributed by atoms with Gasteiger partial charge in [0.05, 0.1) is 22.4 Å². The van der Waals surface area contributed by atoms with Crippen LogP contribution in [0.15, 0.2) is 78.9 Å². The maximum absolute atomic E-state index is 6.25. The summed E-state index contributed by atoms with van der Waals surface area (Å²) in [5.41, 5.74) is 3.71. The SMILES string of the molecule is CC1(C)OB(c2ccc(N(c3ccccc3)c3ccc(B4OC(C)(C)C(C)(C)O4)cc3)cc2)OC1(C)C.[B]. The van der Waals surface area contributed by atoms with E-state index in [-0.39, 0.29) is 45.1 Å². The van der Waals surface area contributed by atoms with Crippen molar-refractivity contribution in [1.82, 2.24) is 0 Å². The third kappa shape index (κ3) is 5.07. The van der Waals surface area contributed by atoms with Gasteiger partial charge in [-0.1, -0.05) is 42.5 Å². The molecule has 0 bridgehead atoms. The van der Waals surface area contributed by atoms with Gasteiger partial charge < -0.3 is 23.5 Å². The van der Waals surface area contributed by atoms with Crippen LogP contribution in [0.3, 0.4) is 0 Å². The zero-order valence-electron chi connectivity index (χ0n) is 23.8. The molecule has 8 heteroatoms. The molecule has 3 radical (unpaired) electrons. The monoisotopic (exact) mass is 508 g/mol. The summed E-state index contributed by atoms with van der Waals surface area (Å²) in [5.74, 6) is 0. The van der Waals surface area contributed by atoms with Crippen LogP contribution in [0.5, 0.6) is 0 Å². The highest BCUT2D eigenvalue weighted by Gasteiger charge is 2.52. The Kier molecular flexibility index (Phi) is 7.43. The lowest BCUT2D eigenvalue weighted by molar-refractivity contribution is 0.00578. The molecule has 5 rings (SSSR count). The fourth-order valence-electron chi connectivity index (χ4n) is 4.54. The topological polar surface area (TPSA) is 40.2 Å². The molecule has 0 N–H and O–H groups in total. The number of benzene rings is 3. The molecule has 2 fully saturated rings. The van der Waals surface area contributed by atoms with Crippen molar-refractivity contribution in [2.45, 2.75) is 77.8 Å². The molecule has 0 aromatic heterocycles. The van der Waals surface area contributed by atoms with Gasteiger partial charge in [-0.05, 0) is 103 Å². The van der Waals surface area contributed by atoms with Gasteiger partial charge in [0.25, 0.3) is 0 Å². The van der Waals surface area contributed by atoms with Crippen molar-refractivity contribution in [3.8, 4) is 0 Å². The fraction of sp³-hybridized carbons (Fsp3) is 0.400. The Morgan fingerprint density at radius 3 is 1.05 bits per heavy atom. The summed E-state index contributed by atoms with van der Waals surface area (Å²) in [7, 11) is -0.771. The van der Waals surface area contributed by atoms with Crippen LogP contribution < -0.4 is 15.8 Å². The van der Waals surface area contributed by atoms with E-state index in [0.717, 1.165) is 28.0 Å². The van der Waals surface area contributed by atoms with Crippen LogP contribution in [0.1, 0.15) is 55.4 Å². The van der Waals surface area contributed by atoms with Gasteiger partial charge in [-0.15, -0.1) is 0 Å². The first-order chi connectivity index (χ1) is 17.3. The molecule has 38 heavy (non-hydrogen) atoms. The minimum absolute atomic E-state index is 0. The molecule has 2 aliphatic rings. The van der Waals surface area contributed by atoms with Crippen molar-refractivity contribution in [2.75, 3.05) is 4.90 Å². The molecule has 0 unspecified atom stereocenters. The molecule has 0 spiro atoms. The van der Waals surface area contributed by atoms with E-state index in [4.69, 9.17) is 18.6 Å². The van der Waals surface area contributed by atoms with E-state index >= 15 is 0 Å². The first-order valence-corrected chi connectivity index (χ1v) is 13.1. The van der Waals surface area contributed by atoms with E-state index in [1.807, 2.05) is 6.07 Å². The second kappa shape index (κ2) is 9.91. The molecule has 2 heterocycles. The maximum Gasteiger partial charge on any atom is 0.494 e. The molecule has 5 nitrogen and oxygen atoms in total. The lowest BCUT2D eigenvalue weighted by Gasteiger charge is -2.32. The smallest absolute Gasteiger partial charge is 0.399 e. The zero-order chi connectivity index (χ0) is 26.6. The van der Waals surface area contributed by atoms with Gasteiger partial charge in [0.15, 0.2) is 0 Å². The molecule has 0 amide bonds. The molecule has 2 saturated heterocycles. The predicted molar refractivity (Wildman–Crippen MR) is 158 cm³/mol. The number of nitrogens with zero attached hydrogens (tertiary/aromatic N) is 1. The van der Waals surface area contributed by atoms with Crippen molar-refractivity contribution in [3.05, 3.63) is 78.9 Å². The summed E-state index contributed by atoms with van der Waals surface area (Å²) >= 11 is 0. The van der Waals surface area contributed by atoms with Gasteiger partial charge in [0.2, 0.25) is 0 Å². The number of anilines is 3. The molecule has 0 atom stereocenters. The molecular formula is C30H37B3NO4. The van der Waals surface area contributed by atoms with Crippen molar-refractivity contribution >= 4 is 50.6 Å². The Bertz CT molecular complexity index is 1130. The zero-order valence-corrected chi connectivity index (χ0v) is 23.8. The fourth-order valence-corrected chi connectivity index (χ4v) is 4.54. The molecule has 195 valence electrons. The lowest BCUT2D eigenvalue weighted by atomic mass is 9.79. The van der Waals surface area contributed by atoms with Crippen LogP contribution in [-0.4, -0.2) is 45.1 Å². The third-order valence-corrected chi connectivity index (χ3v) is 8.37. The summed E-state index contributed by atoms with van der Waals surface area (Å²) in [6, 6.07) is 27.2. The van der Waals surface area contributed by atoms with E-state index in [1.54, 1.807) is 0 Å². The predicted octanol–water partition coefficient (Wildman–Crippen LogP) is 5.37. The van der Waals surface area contributed by atoms with Gasteiger partial charge in [-0.3, -0.25) is 0 Å². The van der Waals surface area contributed by atoms with Crippen molar-refractivity contribution in [1.29, 1.82) is 0 Å². The second-order valence-electron chi connectivity index (χ2n) is 12.0. The molecule has 2 aliphatic heterocycles. The number of rotatable bonds is 5. The lowest BCUT2D eigenvalue weighted by Crippen LogP contribution is -2.41. The van der Waals surface area contributed by atoms with E-state index in [0.29, 0.717) is 0 Å². The van der Waals surface area contributed by atoms with E-state index in [9.17, 15) is 0 Å². The number of hydrogen-bond donors (Lipinski definition) is 0. The van der Waals surface area contributed by atoms with E-state index in [2.05, 4.69) is 133 Å². The molecule has 0 saturated carbocycles. The first kappa shape index (κ1) is 28.5. The number of hydrogen-bond acceptors (Lipinski definition) is 5. The minimum Gasteiger partial charge on any atom is -0.399 e. The first-order valence-electron chi connectivity index (χ1n) is 13.1. The Morgan fingerprint density at radius 2 is 0.737 bits per heavy atom. The van der Waals surface area contributed by atoms with Crippen molar-refractivity contribution < 1.29 is 18.6 Å². The maximum atomic E-state index is 6.25. The van der Waals surface area contributed by atoms with Crippen LogP contribution in [0, 0.1) is 0 Å². The summed E-state index contributed by atoms with van der Waals surface area (Å²) in [6.45, 7) is 16.6. The largest absolute Gasteiger partial charge is 0.494 e. The summed E-state index contributed by atoms with van der Waals surface area (Å²) < 4.78 is 25.0. The van der Waals surface area contributed by atoms with Gasteiger partial charge in [0, 0.05) is 25.5 Å². The van der Waals surface area contributed by atoms with Crippen LogP contribution in [0.4, 0.5) is 17.1 Å². The van der Waals surface area contributed by atoms with Crippen LogP contribution >= 0.6 is 0 Å². The Morgan fingerprint density at radius 1 is 0.447 bits per heavy atom. The average molecular weight is 508 g/mol. The highest BCUT2D eigenvalue weighted by molar-refractivity contribution is 6.62. The van der Waals surface area contributed by atoms with Gasteiger partial charge in [-0.25, -0.2) is 0 Å². The molecule has 3 aromatic carbocycles.